The Morgan fingerprint density at radius 1 is 1.24 bits per heavy atom. The molecule has 0 unspecified atom stereocenters. The number of nitrogens with one attached hydrogen (secondary N) is 3. The summed E-state index contributed by atoms with van der Waals surface area (Å²) in [7, 11) is 0. The highest BCUT2D eigenvalue weighted by Gasteiger charge is 2.37. The number of amides is 1. The van der Waals surface area contributed by atoms with Gasteiger partial charge in [-0.05, 0) is 59.6 Å². The molecule has 29 heavy (non-hydrogen) atoms. The normalized spacial score (nSPS) is 18.4. The lowest BCUT2D eigenvalue weighted by molar-refractivity contribution is -0.112. The number of benzene rings is 1. The van der Waals surface area contributed by atoms with Gasteiger partial charge in [-0.2, -0.15) is 5.26 Å². The zero-order valence-electron chi connectivity index (χ0n) is 17.8. The van der Waals surface area contributed by atoms with Crippen molar-refractivity contribution < 1.29 is 14.3 Å². The van der Waals surface area contributed by atoms with Gasteiger partial charge in [-0.1, -0.05) is 12.1 Å². The van der Waals surface area contributed by atoms with Crippen LogP contribution in [0.25, 0.3) is 0 Å². The standard InChI is InChI=1S/C22H30N4O3/c1-6-29-20(28)17-9-7-8-10-18(17)25-19(27)15(13-23)14-24-16-11-21(2,3)26-22(4,5)12-16/h7-10,14,16,24,26H,6,11-12H2,1-5H3,(H,25,27)/b15-14-. The number of carbonyl (C=O) groups excluding carboxylic acids is 2. The highest BCUT2D eigenvalue weighted by molar-refractivity contribution is 6.09. The van der Waals surface area contributed by atoms with Crippen molar-refractivity contribution in [2.24, 2.45) is 0 Å². The van der Waals surface area contributed by atoms with E-state index in [1.807, 2.05) is 6.07 Å². The SMILES string of the molecule is CCOC(=O)c1ccccc1NC(=O)/C(C#N)=C\NC1CC(C)(C)NC(C)(C)C1. The van der Waals surface area contributed by atoms with E-state index in [2.05, 4.69) is 43.6 Å². The topological polar surface area (TPSA) is 103 Å². The van der Waals surface area contributed by atoms with Gasteiger partial charge < -0.3 is 20.7 Å². The van der Waals surface area contributed by atoms with Crippen molar-refractivity contribution in [1.82, 2.24) is 10.6 Å². The maximum absolute atomic E-state index is 12.6. The van der Waals surface area contributed by atoms with Crippen molar-refractivity contribution in [2.75, 3.05) is 11.9 Å². The lowest BCUT2D eigenvalue weighted by atomic mass is 9.80. The Morgan fingerprint density at radius 2 is 1.86 bits per heavy atom. The van der Waals surface area contributed by atoms with E-state index in [0.717, 1.165) is 12.8 Å². The Kier molecular flexibility index (Phi) is 7.04. The summed E-state index contributed by atoms with van der Waals surface area (Å²) in [6.45, 7) is 10.5. The van der Waals surface area contributed by atoms with Crippen LogP contribution in [-0.4, -0.2) is 35.6 Å². The zero-order chi connectivity index (χ0) is 21.7. The molecule has 7 nitrogen and oxygen atoms in total. The van der Waals surface area contributed by atoms with Crippen LogP contribution in [0, 0.1) is 11.3 Å². The first-order valence-corrected chi connectivity index (χ1v) is 9.80. The highest BCUT2D eigenvalue weighted by atomic mass is 16.5. The van der Waals surface area contributed by atoms with Crippen LogP contribution in [0.4, 0.5) is 5.69 Å². The van der Waals surface area contributed by atoms with Crippen molar-refractivity contribution in [2.45, 2.75) is 64.6 Å². The summed E-state index contributed by atoms with van der Waals surface area (Å²) in [6, 6.07) is 8.62. The molecule has 7 heteroatoms. The third-order valence-corrected chi connectivity index (χ3v) is 4.69. The minimum Gasteiger partial charge on any atom is -0.462 e. The molecule has 1 amide bonds. The first-order valence-electron chi connectivity index (χ1n) is 9.80. The first-order chi connectivity index (χ1) is 13.6. The van der Waals surface area contributed by atoms with Gasteiger partial charge in [0.1, 0.15) is 11.6 Å². The summed E-state index contributed by atoms with van der Waals surface area (Å²) >= 11 is 0. The van der Waals surface area contributed by atoms with Crippen molar-refractivity contribution in [1.29, 1.82) is 5.26 Å². The number of anilines is 1. The minimum absolute atomic E-state index is 0.0547. The van der Waals surface area contributed by atoms with E-state index in [4.69, 9.17) is 4.74 Å². The average molecular weight is 399 g/mol. The van der Waals surface area contributed by atoms with Gasteiger partial charge in [-0.25, -0.2) is 4.79 Å². The summed E-state index contributed by atoms with van der Waals surface area (Å²) in [5.74, 6) is -1.10. The number of para-hydroxylation sites is 1. The van der Waals surface area contributed by atoms with Crippen molar-refractivity contribution in [3.8, 4) is 6.07 Å². The van der Waals surface area contributed by atoms with Crippen LogP contribution < -0.4 is 16.0 Å². The van der Waals surface area contributed by atoms with Gasteiger partial charge in [0.05, 0.1) is 17.9 Å². The lowest BCUT2D eigenvalue weighted by Gasteiger charge is -2.46. The molecule has 1 aromatic carbocycles. The van der Waals surface area contributed by atoms with Gasteiger partial charge >= 0.3 is 5.97 Å². The molecule has 1 heterocycles. The second kappa shape index (κ2) is 9.10. The molecule has 0 aliphatic carbocycles. The van der Waals surface area contributed by atoms with Crippen LogP contribution >= 0.6 is 0 Å². The van der Waals surface area contributed by atoms with Gasteiger partial charge in [0.15, 0.2) is 0 Å². The molecule has 0 spiro atoms. The molecule has 1 aliphatic rings. The first kappa shape index (κ1) is 22.4. The predicted molar refractivity (Wildman–Crippen MR) is 112 cm³/mol. The number of piperidine rings is 1. The number of carbonyl (C=O) groups is 2. The second-order valence-corrected chi connectivity index (χ2v) is 8.55. The van der Waals surface area contributed by atoms with E-state index in [1.165, 1.54) is 6.20 Å². The maximum Gasteiger partial charge on any atom is 0.340 e. The van der Waals surface area contributed by atoms with E-state index in [9.17, 15) is 14.9 Å². The van der Waals surface area contributed by atoms with Gasteiger partial charge in [-0.3, -0.25) is 4.79 Å². The molecule has 0 radical (unpaired) electrons. The smallest absolute Gasteiger partial charge is 0.340 e. The Balaban J connectivity index is 2.12. The van der Waals surface area contributed by atoms with Crippen LogP contribution in [0.2, 0.25) is 0 Å². The monoisotopic (exact) mass is 398 g/mol. The fourth-order valence-corrected chi connectivity index (χ4v) is 3.96. The van der Waals surface area contributed by atoms with Gasteiger partial charge in [0.2, 0.25) is 0 Å². The Bertz CT molecular complexity index is 821. The van der Waals surface area contributed by atoms with Gasteiger partial charge in [0, 0.05) is 23.3 Å². The maximum atomic E-state index is 12.6. The van der Waals surface area contributed by atoms with Crippen LogP contribution in [0.1, 0.15) is 57.8 Å². The van der Waals surface area contributed by atoms with Crippen molar-refractivity contribution in [3.05, 3.63) is 41.6 Å². The zero-order valence-corrected chi connectivity index (χ0v) is 17.8. The Hall–Kier alpha value is -2.85. The molecular formula is C22H30N4O3. The number of ether oxygens (including phenoxy) is 1. The number of esters is 1. The highest BCUT2D eigenvalue weighted by Crippen LogP contribution is 2.28. The summed E-state index contributed by atoms with van der Waals surface area (Å²) in [5, 5.41) is 18.9. The average Bonchev–Trinajstić information content (AvgIpc) is 2.60. The van der Waals surface area contributed by atoms with E-state index >= 15 is 0 Å². The molecule has 0 saturated carbocycles. The quantitative estimate of drug-likeness (QED) is 0.386. The molecule has 1 aliphatic heterocycles. The fraction of sp³-hybridized carbons (Fsp3) is 0.500. The fourth-order valence-electron chi connectivity index (χ4n) is 3.96. The molecule has 2 rings (SSSR count). The van der Waals surface area contributed by atoms with Crippen molar-refractivity contribution in [3.63, 3.8) is 0 Å². The van der Waals surface area contributed by atoms with Gasteiger partial charge in [-0.15, -0.1) is 0 Å². The number of nitrogens with zero attached hydrogens (tertiary/aromatic N) is 1. The molecule has 1 aromatic rings. The van der Waals surface area contributed by atoms with Crippen LogP contribution in [0.3, 0.4) is 0 Å². The number of rotatable bonds is 6. The van der Waals surface area contributed by atoms with Crippen LogP contribution in [0.5, 0.6) is 0 Å². The molecule has 156 valence electrons. The summed E-state index contributed by atoms with van der Waals surface area (Å²) in [6.07, 6.45) is 3.18. The molecular weight excluding hydrogens is 368 g/mol. The largest absolute Gasteiger partial charge is 0.462 e. The molecule has 3 N–H and O–H groups in total. The summed E-state index contributed by atoms with van der Waals surface area (Å²) < 4.78 is 5.01. The molecule has 0 atom stereocenters. The Labute approximate surface area is 172 Å². The summed E-state index contributed by atoms with van der Waals surface area (Å²) in [5.41, 5.74) is 0.385. The van der Waals surface area contributed by atoms with Crippen molar-refractivity contribution >= 4 is 17.6 Å². The molecule has 1 fully saturated rings. The molecule has 1 saturated heterocycles. The Morgan fingerprint density at radius 3 is 2.45 bits per heavy atom. The third kappa shape index (κ3) is 6.33. The lowest BCUT2D eigenvalue weighted by Crippen LogP contribution is -2.61. The number of hydrogen-bond donors (Lipinski definition) is 3. The molecule has 0 bridgehead atoms. The van der Waals surface area contributed by atoms with Crippen LogP contribution in [0.15, 0.2) is 36.0 Å². The summed E-state index contributed by atoms with van der Waals surface area (Å²) in [4.78, 5) is 24.7. The van der Waals surface area contributed by atoms with E-state index in [-0.39, 0.29) is 34.9 Å². The molecule has 0 aromatic heterocycles. The van der Waals surface area contributed by atoms with Gasteiger partial charge in [0.25, 0.3) is 5.91 Å². The van der Waals surface area contributed by atoms with E-state index in [0.29, 0.717) is 5.69 Å². The van der Waals surface area contributed by atoms with Crippen LogP contribution in [-0.2, 0) is 9.53 Å². The van der Waals surface area contributed by atoms with E-state index < -0.39 is 11.9 Å². The number of nitriles is 1. The number of hydrogen-bond acceptors (Lipinski definition) is 6. The second-order valence-electron chi connectivity index (χ2n) is 8.55. The minimum atomic E-state index is -0.579. The predicted octanol–water partition coefficient (Wildman–Crippen LogP) is 3.11. The van der Waals surface area contributed by atoms with E-state index in [1.54, 1.807) is 31.2 Å². The third-order valence-electron chi connectivity index (χ3n) is 4.69.